The predicted octanol–water partition coefficient (Wildman–Crippen LogP) is 3.43. The second kappa shape index (κ2) is 6.87. The normalized spacial score (nSPS) is 17.1. The molecule has 1 aliphatic carbocycles. The highest BCUT2D eigenvalue weighted by Crippen LogP contribution is 2.51. The van der Waals surface area contributed by atoms with Crippen molar-refractivity contribution in [1.82, 2.24) is 5.32 Å². The van der Waals surface area contributed by atoms with E-state index in [4.69, 9.17) is 9.15 Å². The lowest BCUT2D eigenvalue weighted by atomic mass is 9.91. The maximum absolute atomic E-state index is 13.1. The fraction of sp³-hybridized carbons (Fsp3) is 0.286. The van der Waals surface area contributed by atoms with E-state index >= 15 is 0 Å². The van der Waals surface area contributed by atoms with Gasteiger partial charge in [-0.2, -0.15) is 11.3 Å². The number of methoxy groups -OCH3 is 1. The number of nitrogens with one attached hydrogen (secondary N) is 1. The summed E-state index contributed by atoms with van der Waals surface area (Å²) in [7, 11) is 1.61. The molecule has 1 aromatic carbocycles. The predicted molar refractivity (Wildman–Crippen MR) is 103 cm³/mol. The highest BCUT2D eigenvalue weighted by molar-refractivity contribution is 7.08. The Labute approximate surface area is 161 Å². The average molecular weight is 383 g/mol. The minimum absolute atomic E-state index is 0.0347. The van der Waals surface area contributed by atoms with Crippen molar-refractivity contribution in [2.75, 3.05) is 13.7 Å². The molecule has 0 aliphatic heterocycles. The minimum Gasteiger partial charge on any atom is -0.496 e. The van der Waals surface area contributed by atoms with E-state index in [0.717, 1.165) is 18.4 Å². The second-order valence-corrected chi connectivity index (χ2v) is 7.59. The van der Waals surface area contributed by atoms with Crippen molar-refractivity contribution in [3.8, 4) is 5.75 Å². The molecule has 0 spiro atoms. The van der Waals surface area contributed by atoms with E-state index in [1.54, 1.807) is 19.2 Å². The van der Waals surface area contributed by atoms with E-state index < -0.39 is 11.0 Å². The number of hydrogen-bond acceptors (Lipinski definition) is 5. The molecule has 1 atom stereocenters. The number of carbonyl (C=O) groups is 1. The van der Waals surface area contributed by atoms with Crippen LogP contribution in [0.5, 0.6) is 5.75 Å². The van der Waals surface area contributed by atoms with E-state index in [9.17, 15) is 9.90 Å². The third-order valence-corrected chi connectivity index (χ3v) is 5.92. The molecule has 0 radical (unpaired) electrons. The lowest BCUT2D eigenvalue weighted by molar-refractivity contribution is -0.124. The first-order chi connectivity index (χ1) is 13.1. The second-order valence-electron chi connectivity index (χ2n) is 6.81. The van der Waals surface area contributed by atoms with Crippen molar-refractivity contribution in [2.24, 2.45) is 0 Å². The first-order valence-corrected chi connectivity index (χ1v) is 9.75. The van der Waals surface area contributed by atoms with Crippen LogP contribution in [0, 0.1) is 0 Å². The molecule has 2 aromatic heterocycles. The van der Waals surface area contributed by atoms with Gasteiger partial charge in [0.05, 0.1) is 25.3 Å². The number of amides is 1. The summed E-state index contributed by atoms with van der Waals surface area (Å²) in [6.45, 7) is 0.0347. The van der Waals surface area contributed by atoms with E-state index in [1.165, 1.54) is 17.6 Å². The van der Waals surface area contributed by atoms with Gasteiger partial charge in [0.2, 0.25) is 5.91 Å². The van der Waals surface area contributed by atoms with Gasteiger partial charge < -0.3 is 19.6 Å². The largest absolute Gasteiger partial charge is 0.496 e. The van der Waals surface area contributed by atoms with Crippen LogP contribution in [0.25, 0.3) is 0 Å². The topological polar surface area (TPSA) is 71.7 Å². The van der Waals surface area contributed by atoms with E-state index in [2.05, 4.69) is 5.32 Å². The van der Waals surface area contributed by atoms with Crippen LogP contribution >= 0.6 is 11.3 Å². The standard InChI is InChI=1S/C21H21NO4S/c1-25-17-6-3-2-5-16(17)20(9-10-20)19(23)22-14-21(24,15-8-12-27-13-15)18-7-4-11-26-18/h2-8,11-13,24H,9-10,14H2,1H3,(H,22,23). The third kappa shape index (κ3) is 3.05. The molecule has 1 amide bonds. The molecule has 140 valence electrons. The van der Waals surface area contributed by atoms with Crippen molar-refractivity contribution in [2.45, 2.75) is 23.9 Å². The van der Waals surface area contributed by atoms with Crippen molar-refractivity contribution in [3.63, 3.8) is 0 Å². The molecule has 4 rings (SSSR count). The highest BCUT2D eigenvalue weighted by Gasteiger charge is 2.53. The first-order valence-electron chi connectivity index (χ1n) is 8.81. The lowest BCUT2D eigenvalue weighted by Gasteiger charge is -2.27. The van der Waals surface area contributed by atoms with Crippen LogP contribution in [0.1, 0.15) is 29.7 Å². The zero-order chi connectivity index (χ0) is 18.9. The summed E-state index contributed by atoms with van der Waals surface area (Å²) in [5.41, 5.74) is -0.409. The zero-order valence-corrected chi connectivity index (χ0v) is 15.8. The van der Waals surface area contributed by atoms with Gasteiger partial charge in [-0.3, -0.25) is 4.79 Å². The maximum atomic E-state index is 13.1. The van der Waals surface area contributed by atoms with Crippen LogP contribution in [0.15, 0.2) is 63.9 Å². The minimum atomic E-state index is -1.41. The summed E-state index contributed by atoms with van der Waals surface area (Å²) < 4.78 is 10.9. The van der Waals surface area contributed by atoms with Crippen LogP contribution < -0.4 is 10.1 Å². The lowest BCUT2D eigenvalue weighted by Crippen LogP contribution is -2.45. The van der Waals surface area contributed by atoms with E-state index in [-0.39, 0.29) is 12.5 Å². The van der Waals surface area contributed by atoms with Crippen LogP contribution in [0.2, 0.25) is 0 Å². The van der Waals surface area contributed by atoms with Gasteiger partial charge in [0.1, 0.15) is 11.5 Å². The van der Waals surface area contributed by atoms with Gasteiger partial charge in [0.25, 0.3) is 0 Å². The fourth-order valence-corrected chi connectivity index (χ4v) is 4.23. The molecular weight excluding hydrogens is 362 g/mol. The molecule has 3 aromatic rings. The Balaban J connectivity index is 1.58. The molecular formula is C21H21NO4S. The zero-order valence-electron chi connectivity index (χ0n) is 15.0. The number of carbonyl (C=O) groups excluding carboxylic acids is 1. The van der Waals surface area contributed by atoms with Crippen LogP contribution in [0.4, 0.5) is 0 Å². The number of aliphatic hydroxyl groups is 1. The summed E-state index contributed by atoms with van der Waals surface area (Å²) >= 11 is 1.49. The van der Waals surface area contributed by atoms with Crippen molar-refractivity contribution < 1.29 is 19.1 Å². The van der Waals surface area contributed by atoms with Crippen molar-refractivity contribution in [1.29, 1.82) is 0 Å². The van der Waals surface area contributed by atoms with Crippen LogP contribution in [-0.4, -0.2) is 24.7 Å². The Kier molecular flexibility index (Phi) is 4.53. The van der Waals surface area contributed by atoms with Gasteiger partial charge in [-0.05, 0) is 47.9 Å². The molecule has 1 fully saturated rings. The number of hydrogen-bond donors (Lipinski definition) is 2. The summed E-state index contributed by atoms with van der Waals surface area (Å²) in [4.78, 5) is 13.1. The van der Waals surface area contributed by atoms with Crippen molar-refractivity contribution in [3.05, 3.63) is 76.4 Å². The Bertz CT molecular complexity index is 879. The number of rotatable bonds is 7. The summed E-state index contributed by atoms with van der Waals surface area (Å²) in [6, 6.07) is 12.9. The molecule has 6 heteroatoms. The Morgan fingerprint density at radius 1 is 1.30 bits per heavy atom. The summed E-state index contributed by atoms with van der Waals surface area (Å²) in [5, 5.41) is 18.0. The van der Waals surface area contributed by atoms with E-state index in [0.29, 0.717) is 17.1 Å². The number of thiophene rings is 1. The summed E-state index contributed by atoms with van der Waals surface area (Å²) in [5.74, 6) is 1.01. The quantitative estimate of drug-likeness (QED) is 0.656. The van der Waals surface area contributed by atoms with Gasteiger partial charge in [-0.25, -0.2) is 0 Å². The van der Waals surface area contributed by atoms with Gasteiger partial charge in [-0.1, -0.05) is 18.2 Å². The van der Waals surface area contributed by atoms with Crippen LogP contribution in [0.3, 0.4) is 0 Å². The van der Waals surface area contributed by atoms with Gasteiger partial charge in [0.15, 0.2) is 5.60 Å². The molecule has 1 unspecified atom stereocenters. The van der Waals surface area contributed by atoms with E-state index in [1.807, 2.05) is 41.1 Å². The number of benzene rings is 1. The molecule has 1 saturated carbocycles. The molecule has 0 bridgehead atoms. The monoisotopic (exact) mass is 383 g/mol. The van der Waals surface area contributed by atoms with Gasteiger partial charge in [-0.15, -0.1) is 0 Å². The maximum Gasteiger partial charge on any atom is 0.230 e. The average Bonchev–Trinajstić information content (AvgIpc) is 3.11. The molecule has 0 saturated heterocycles. The first kappa shape index (κ1) is 17.8. The fourth-order valence-electron chi connectivity index (χ4n) is 3.51. The molecule has 2 heterocycles. The Morgan fingerprint density at radius 2 is 2.11 bits per heavy atom. The molecule has 27 heavy (non-hydrogen) atoms. The van der Waals surface area contributed by atoms with Crippen molar-refractivity contribution >= 4 is 17.2 Å². The molecule has 1 aliphatic rings. The number of para-hydroxylation sites is 1. The SMILES string of the molecule is COc1ccccc1C1(C(=O)NCC(O)(c2ccsc2)c2ccco2)CC1. The third-order valence-electron chi connectivity index (χ3n) is 5.24. The smallest absolute Gasteiger partial charge is 0.230 e. The molecule has 2 N–H and O–H groups in total. The number of ether oxygens (including phenoxy) is 1. The summed E-state index contributed by atoms with van der Waals surface area (Å²) in [6.07, 6.45) is 3.04. The Morgan fingerprint density at radius 3 is 2.74 bits per heavy atom. The highest BCUT2D eigenvalue weighted by atomic mass is 32.1. The van der Waals surface area contributed by atoms with Gasteiger partial charge >= 0.3 is 0 Å². The Hall–Kier alpha value is -2.57. The van der Waals surface area contributed by atoms with Crippen LogP contribution in [-0.2, 0) is 15.8 Å². The van der Waals surface area contributed by atoms with Gasteiger partial charge in [0, 0.05) is 11.1 Å². The molecule has 5 nitrogen and oxygen atoms in total. The number of furan rings is 1.